The molecule has 0 saturated heterocycles. The fourth-order valence-electron chi connectivity index (χ4n) is 1.65. The Morgan fingerprint density at radius 1 is 1.41 bits per heavy atom. The van der Waals surface area contributed by atoms with Crippen molar-refractivity contribution in [3.63, 3.8) is 0 Å². The van der Waals surface area contributed by atoms with Gasteiger partial charge in [-0.25, -0.2) is 9.97 Å². The number of carbonyl (C=O) groups is 1. The zero-order chi connectivity index (χ0) is 12.7. The van der Waals surface area contributed by atoms with Gasteiger partial charge in [0.25, 0.3) is 0 Å². The van der Waals surface area contributed by atoms with Gasteiger partial charge in [-0.3, -0.25) is 4.79 Å². The minimum atomic E-state index is -0.711. The van der Waals surface area contributed by atoms with Crippen molar-refractivity contribution in [2.45, 2.75) is 26.7 Å². The van der Waals surface area contributed by atoms with Crippen LogP contribution in [-0.4, -0.2) is 29.1 Å². The minimum Gasteiger partial charge on any atom is -0.466 e. The van der Waals surface area contributed by atoms with Crippen LogP contribution in [0.15, 0.2) is 18.5 Å². The summed E-state index contributed by atoms with van der Waals surface area (Å²) >= 11 is 0. The second kappa shape index (κ2) is 6.30. The molecule has 0 spiro atoms. The first-order valence-electron chi connectivity index (χ1n) is 5.81. The van der Waals surface area contributed by atoms with Crippen molar-refractivity contribution in [1.82, 2.24) is 9.97 Å². The highest BCUT2D eigenvalue weighted by Crippen LogP contribution is 2.26. The third-order valence-electron chi connectivity index (χ3n) is 2.89. The summed E-state index contributed by atoms with van der Waals surface area (Å²) < 4.78 is 5.09. The number of hydrogen-bond acceptors (Lipinski definition) is 5. The van der Waals surface area contributed by atoms with Crippen LogP contribution < -0.4 is 5.73 Å². The molecule has 0 fully saturated rings. The van der Waals surface area contributed by atoms with Crippen LogP contribution in [0.3, 0.4) is 0 Å². The number of nitrogens with zero attached hydrogens (tertiary/aromatic N) is 2. The lowest BCUT2D eigenvalue weighted by Crippen LogP contribution is -2.41. The quantitative estimate of drug-likeness (QED) is 0.745. The normalized spacial score (nSPS) is 14.1. The van der Waals surface area contributed by atoms with E-state index in [9.17, 15) is 4.79 Å². The Hall–Kier alpha value is -1.49. The number of rotatable bonds is 6. The summed E-state index contributed by atoms with van der Waals surface area (Å²) in [7, 11) is 0. The fraction of sp³-hybridized carbons (Fsp3) is 0.583. The highest BCUT2D eigenvalue weighted by Gasteiger charge is 2.37. The van der Waals surface area contributed by atoms with E-state index < -0.39 is 5.41 Å². The number of aromatic nitrogens is 2. The first kappa shape index (κ1) is 13.6. The maximum absolute atomic E-state index is 12.0. The molecule has 5 heteroatoms. The molecule has 94 valence electrons. The van der Waals surface area contributed by atoms with Crippen LogP contribution in [0, 0.1) is 5.41 Å². The van der Waals surface area contributed by atoms with Gasteiger partial charge in [0.2, 0.25) is 0 Å². The first-order valence-corrected chi connectivity index (χ1v) is 5.81. The van der Waals surface area contributed by atoms with Crippen LogP contribution in [-0.2, 0) is 16.0 Å². The molecule has 0 aromatic carbocycles. The van der Waals surface area contributed by atoms with Crippen molar-refractivity contribution >= 4 is 5.97 Å². The smallest absolute Gasteiger partial charge is 0.313 e. The lowest BCUT2D eigenvalue weighted by atomic mass is 9.81. The minimum absolute atomic E-state index is 0.237. The van der Waals surface area contributed by atoms with E-state index in [4.69, 9.17) is 10.5 Å². The third kappa shape index (κ3) is 3.23. The molecule has 0 aliphatic heterocycles. The Balaban J connectivity index is 2.88. The standard InChI is InChI=1S/C12H19N3O2/c1-3-12(9-13,11(16)17-4-2)8-10-14-6-5-7-15-10/h5-7H,3-4,8-9,13H2,1-2H3. The van der Waals surface area contributed by atoms with Gasteiger partial charge in [0, 0.05) is 25.4 Å². The van der Waals surface area contributed by atoms with Crippen LogP contribution in [0.2, 0.25) is 0 Å². The van der Waals surface area contributed by atoms with Gasteiger partial charge < -0.3 is 10.5 Å². The van der Waals surface area contributed by atoms with E-state index in [0.717, 1.165) is 0 Å². The lowest BCUT2D eigenvalue weighted by molar-refractivity contribution is -0.155. The van der Waals surface area contributed by atoms with E-state index in [1.807, 2.05) is 6.92 Å². The van der Waals surface area contributed by atoms with E-state index in [1.165, 1.54) is 0 Å². The Kier molecular flexibility index (Phi) is 5.03. The molecule has 0 radical (unpaired) electrons. The molecule has 1 aromatic heterocycles. The van der Waals surface area contributed by atoms with Crippen LogP contribution >= 0.6 is 0 Å². The van der Waals surface area contributed by atoms with Crippen LogP contribution in [0.1, 0.15) is 26.1 Å². The molecular weight excluding hydrogens is 218 g/mol. The number of carbonyl (C=O) groups excluding carboxylic acids is 1. The fourth-order valence-corrected chi connectivity index (χ4v) is 1.65. The van der Waals surface area contributed by atoms with Gasteiger partial charge in [0.05, 0.1) is 12.0 Å². The Morgan fingerprint density at radius 3 is 2.53 bits per heavy atom. The maximum Gasteiger partial charge on any atom is 0.313 e. The molecule has 1 aromatic rings. The molecular formula is C12H19N3O2. The van der Waals surface area contributed by atoms with E-state index in [0.29, 0.717) is 25.3 Å². The number of esters is 1. The molecule has 0 aliphatic rings. The topological polar surface area (TPSA) is 78.1 Å². The molecule has 1 atom stereocenters. The highest BCUT2D eigenvalue weighted by molar-refractivity contribution is 5.77. The van der Waals surface area contributed by atoms with Crippen LogP contribution in [0.25, 0.3) is 0 Å². The summed E-state index contributed by atoms with van der Waals surface area (Å²) in [4.78, 5) is 20.2. The van der Waals surface area contributed by atoms with Gasteiger partial charge in [-0.1, -0.05) is 6.92 Å². The monoisotopic (exact) mass is 237 g/mol. The van der Waals surface area contributed by atoms with Gasteiger partial charge >= 0.3 is 5.97 Å². The molecule has 17 heavy (non-hydrogen) atoms. The summed E-state index contributed by atoms with van der Waals surface area (Å²) in [5, 5.41) is 0. The van der Waals surface area contributed by atoms with E-state index in [1.54, 1.807) is 25.4 Å². The second-order valence-corrected chi connectivity index (χ2v) is 3.90. The number of nitrogens with two attached hydrogens (primary N) is 1. The van der Waals surface area contributed by atoms with Crippen molar-refractivity contribution < 1.29 is 9.53 Å². The molecule has 1 unspecified atom stereocenters. The molecule has 0 aliphatic carbocycles. The van der Waals surface area contributed by atoms with Gasteiger partial charge in [-0.2, -0.15) is 0 Å². The van der Waals surface area contributed by atoms with Crippen molar-refractivity contribution in [3.05, 3.63) is 24.3 Å². The Bertz CT molecular complexity index is 350. The highest BCUT2D eigenvalue weighted by atomic mass is 16.5. The molecule has 5 nitrogen and oxygen atoms in total. The molecule has 2 N–H and O–H groups in total. The predicted octanol–water partition coefficient (Wildman–Crippen LogP) is 0.937. The summed E-state index contributed by atoms with van der Waals surface area (Å²) in [6.45, 7) is 4.30. The van der Waals surface area contributed by atoms with E-state index >= 15 is 0 Å². The van der Waals surface area contributed by atoms with E-state index in [-0.39, 0.29) is 12.5 Å². The summed E-state index contributed by atoms with van der Waals surface area (Å²) in [6, 6.07) is 1.74. The largest absolute Gasteiger partial charge is 0.466 e. The van der Waals surface area contributed by atoms with Crippen molar-refractivity contribution in [2.75, 3.05) is 13.2 Å². The maximum atomic E-state index is 12.0. The second-order valence-electron chi connectivity index (χ2n) is 3.90. The average Bonchev–Trinajstić information content (AvgIpc) is 2.37. The van der Waals surface area contributed by atoms with Crippen molar-refractivity contribution in [2.24, 2.45) is 11.1 Å². The predicted molar refractivity (Wildman–Crippen MR) is 64.1 cm³/mol. The van der Waals surface area contributed by atoms with Crippen molar-refractivity contribution in [1.29, 1.82) is 0 Å². The first-order chi connectivity index (χ1) is 8.18. The van der Waals surface area contributed by atoms with Crippen LogP contribution in [0.5, 0.6) is 0 Å². The van der Waals surface area contributed by atoms with E-state index in [2.05, 4.69) is 9.97 Å². The molecule has 0 bridgehead atoms. The summed E-state index contributed by atoms with van der Waals surface area (Å²) in [5.74, 6) is 0.352. The number of ether oxygens (including phenoxy) is 1. The molecule has 0 amide bonds. The Morgan fingerprint density at radius 2 is 2.06 bits per heavy atom. The molecule has 1 rings (SSSR count). The summed E-state index contributed by atoms with van der Waals surface area (Å²) in [5.41, 5.74) is 5.03. The zero-order valence-electron chi connectivity index (χ0n) is 10.3. The van der Waals surface area contributed by atoms with Gasteiger partial charge in [0.1, 0.15) is 5.82 Å². The van der Waals surface area contributed by atoms with Crippen molar-refractivity contribution in [3.8, 4) is 0 Å². The molecule has 1 heterocycles. The SMILES string of the molecule is CCOC(=O)C(CC)(CN)Cc1ncccn1. The van der Waals surface area contributed by atoms with Gasteiger partial charge in [-0.15, -0.1) is 0 Å². The Labute approximate surface area is 101 Å². The lowest BCUT2D eigenvalue weighted by Gasteiger charge is -2.27. The third-order valence-corrected chi connectivity index (χ3v) is 2.89. The van der Waals surface area contributed by atoms with Crippen LogP contribution in [0.4, 0.5) is 0 Å². The molecule has 0 saturated carbocycles. The summed E-state index contributed by atoms with van der Waals surface area (Å²) in [6.07, 6.45) is 4.34. The zero-order valence-corrected chi connectivity index (χ0v) is 10.3. The van der Waals surface area contributed by atoms with Gasteiger partial charge in [0.15, 0.2) is 0 Å². The number of hydrogen-bond donors (Lipinski definition) is 1. The average molecular weight is 237 g/mol. The van der Waals surface area contributed by atoms with Gasteiger partial charge in [-0.05, 0) is 19.4 Å².